The lowest BCUT2D eigenvalue weighted by atomic mass is 9.89. The van der Waals surface area contributed by atoms with Crippen molar-refractivity contribution in [2.45, 2.75) is 51.6 Å². The normalized spacial score (nSPS) is 16.4. The van der Waals surface area contributed by atoms with Gasteiger partial charge < -0.3 is 20.7 Å². The van der Waals surface area contributed by atoms with E-state index < -0.39 is 0 Å². The standard InChI is InChI=1S/C22H36N4O2/c1-18(19-10-5-3-6-11-19)28-17-9-14-25-22(23-2)26-16-15-24-21(27)20-12-7-4-8-13-20/h3,5-6,10-11,18,20H,4,7-9,12-17H2,1-2H3,(H,24,27)(H2,23,25,26). The van der Waals surface area contributed by atoms with Gasteiger partial charge in [-0.15, -0.1) is 0 Å². The fourth-order valence-electron chi connectivity index (χ4n) is 3.46. The van der Waals surface area contributed by atoms with Gasteiger partial charge in [0, 0.05) is 39.2 Å². The molecule has 0 radical (unpaired) electrons. The van der Waals surface area contributed by atoms with Crippen LogP contribution in [-0.2, 0) is 9.53 Å². The fourth-order valence-corrected chi connectivity index (χ4v) is 3.46. The number of nitrogens with one attached hydrogen (secondary N) is 3. The van der Waals surface area contributed by atoms with Crippen LogP contribution in [0.3, 0.4) is 0 Å². The summed E-state index contributed by atoms with van der Waals surface area (Å²) in [6.07, 6.45) is 6.70. The summed E-state index contributed by atoms with van der Waals surface area (Å²) in [5, 5.41) is 9.55. The first-order valence-electron chi connectivity index (χ1n) is 10.6. The second kappa shape index (κ2) is 13.2. The number of guanidine groups is 1. The summed E-state index contributed by atoms with van der Waals surface area (Å²) in [4.78, 5) is 16.3. The zero-order chi connectivity index (χ0) is 20.0. The van der Waals surface area contributed by atoms with Crippen molar-refractivity contribution in [1.29, 1.82) is 0 Å². The molecule has 0 saturated heterocycles. The third-order valence-corrected chi connectivity index (χ3v) is 5.17. The highest BCUT2D eigenvalue weighted by Gasteiger charge is 2.20. The van der Waals surface area contributed by atoms with Crippen LogP contribution in [0.25, 0.3) is 0 Å². The molecule has 2 rings (SSSR count). The number of rotatable bonds is 10. The number of hydrogen-bond donors (Lipinski definition) is 3. The number of carbonyl (C=O) groups excluding carboxylic acids is 1. The van der Waals surface area contributed by atoms with E-state index in [4.69, 9.17) is 4.74 Å². The highest BCUT2D eigenvalue weighted by molar-refractivity contribution is 5.80. The molecule has 3 N–H and O–H groups in total. The van der Waals surface area contributed by atoms with Crippen molar-refractivity contribution in [2.75, 3.05) is 33.3 Å². The van der Waals surface area contributed by atoms with E-state index in [1.54, 1.807) is 7.05 Å². The second-order valence-corrected chi connectivity index (χ2v) is 7.33. The molecule has 0 aliphatic heterocycles. The predicted molar refractivity (Wildman–Crippen MR) is 114 cm³/mol. The minimum absolute atomic E-state index is 0.103. The van der Waals surface area contributed by atoms with E-state index in [-0.39, 0.29) is 17.9 Å². The molecular weight excluding hydrogens is 352 g/mol. The van der Waals surface area contributed by atoms with E-state index in [9.17, 15) is 4.79 Å². The molecule has 1 fully saturated rings. The molecule has 6 nitrogen and oxygen atoms in total. The summed E-state index contributed by atoms with van der Waals surface area (Å²) in [5.74, 6) is 1.17. The second-order valence-electron chi connectivity index (χ2n) is 7.33. The average molecular weight is 389 g/mol. The van der Waals surface area contributed by atoms with Crippen molar-refractivity contribution in [3.63, 3.8) is 0 Å². The van der Waals surface area contributed by atoms with E-state index in [1.165, 1.54) is 24.8 Å². The van der Waals surface area contributed by atoms with Crippen LogP contribution in [-0.4, -0.2) is 45.2 Å². The van der Waals surface area contributed by atoms with Gasteiger partial charge in [0.25, 0.3) is 0 Å². The van der Waals surface area contributed by atoms with Gasteiger partial charge in [0.05, 0.1) is 6.10 Å². The lowest BCUT2D eigenvalue weighted by Crippen LogP contribution is -2.43. The monoisotopic (exact) mass is 388 g/mol. The molecule has 0 heterocycles. The quantitative estimate of drug-likeness (QED) is 0.327. The van der Waals surface area contributed by atoms with Gasteiger partial charge in [-0.05, 0) is 31.7 Å². The SMILES string of the molecule is CN=C(NCCCOC(C)c1ccccc1)NCCNC(=O)C1CCCCC1. The molecule has 28 heavy (non-hydrogen) atoms. The molecule has 1 aliphatic rings. The molecule has 156 valence electrons. The van der Waals surface area contributed by atoms with Crippen molar-refractivity contribution in [2.24, 2.45) is 10.9 Å². The van der Waals surface area contributed by atoms with E-state index in [0.29, 0.717) is 19.7 Å². The Bertz CT molecular complexity index is 585. The van der Waals surface area contributed by atoms with Gasteiger partial charge >= 0.3 is 0 Å². The van der Waals surface area contributed by atoms with Gasteiger partial charge in [0.15, 0.2) is 5.96 Å². The Labute approximate surface area is 169 Å². The van der Waals surface area contributed by atoms with Gasteiger partial charge in [-0.1, -0.05) is 49.6 Å². The number of ether oxygens (including phenoxy) is 1. The summed E-state index contributed by atoms with van der Waals surface area (Å²) < 4.78 is 5.88. The van der Waals surface area contributed by atoms with E-state index >= 15 is 0 Å². The lowest BCUT2D eigenvalue weighted by Gasteiger charge is -2.21. The lowest BCUT2D eigenvalue weighted by molar-refractivity contribution is -0.125. The maximum Gasteiger partial charge on any atom is 0.223 e. The van der Waals surface area contributed by atoms with Crippen LogP contribution in [0.2, 0.25) is 0 Å². The first-order chi connectivity index (χ1) is 13.7. The van der Waals surface area contributed by atoms with Crippen LogP contribution in [0.15, 0.2) is 35.3 Å². The number of amides is 1. The highest BCUT2D eigenvalue weighted by Crippen LogP contribution is 2.23. The maximum absolute atomic E-state index is 12.1. The summed E-state index contributed by atoms with van der Waals surface area (Å²) in [7, 11) is 1.75. The molecular formula is C22H36N4O2. The van der Waals surface area contributed by atoms with Gasteiger partial charge in [-0.3, -0.25) is 9.79 Å². The summed E-state index contributed by atoms with van der Waals surface area (Å²) in [5.41, 5.74) is 1.20. The van der Waals surface area contributed by atoms with Gasteiger partial charge in [0.1, 0.15) is 0 Å². The van der Waals surface area contributed by atoms with E-state index in [1.807, 2.05) is 18.2 Å². The Kier molecular flexibility index (Phi) is 10.4. The first kappa shape index (κ1) is 22.2. The molecule has 0 spiro atoms. The van der Waals surface area contributed by atoms with E-state index in [0.717, 1.165) is 31.8 Å². The molecule has 1 aliphatic carbocycles. The van der Waals surface area contributed by atoms with Crippen LogP contribution in [0.5, 0.6) is 0 Å². The van der Waals surface area contributed by atoms with Crippen LogP contribution in [0.4, 0.5) is 0 Å². The van der Waals surface area contributed by atoms with E-state index in [2.05, 4.69) is 40.0 Å². The molecule has 1 aromatic rings. The van der Waals surface area contributed by atoms with Crippen LogP contribution >= 0.6 is 0 Å². The molecule has 0 aromatic heterocycles. The molecule has 1 amide bonds. The Morgan fingerprint density at radius 2 is 1.75 bits per heavy atom. The molecule has 1 saturated carbocycles. The predicted octanol–water partition coefficient (Wildman–Crippen LogP) is 3.02. The summed E-state index contributed by atoms with van der Waals surface area (Å²) in [6.45, 7) is 4.84. The van der Waals surface area contributed by atoms with Crippen LogP contribution in [0, 0.1) is 5.92 Å². The van der Waals surface area contributed by atoms with Crippen molar-refractivity contribution in [1.82, 2.24) is 16.0 Å². The molecule has 1 aromatic carbocycles. The molecule has 1 unspecified atom stereocenters. The Balaban J connectivity index is 1.51. The van der Waals surface area contributed by atoms with Crippen LogP contribution in [0.1, 0.15) is 57.1 Å². The summed E-state index contributed by atoms with van der Waals surface area (Å²) >= 11 is 0. The topological polar surface area (TPSA) is 74.8 Å². The van der Waals surface area contributed by atoms with Crippen molar-refractivity contribution in [3.05, 3.63) is 35.9 Å². The molecule has 0 bridgehead atoms. The van der Waals surface area contributed by atoms with Gasteiger partial charge in [-0.25, -0.2) is 0 Å². The number of hydrogen-bond acceptors (Lipinski definition) is 3. The third-order valence-electron chi connectivity index (χ3n) is 5.17. The Morgan fingerprint density at radius 3 is 2.46 bits per heavy atom. The minimum Gasteiger partial charge on any atom is -0.374 e. The Hall–Kier alpha value is -2.08. The highest BCUT2D eigenvalue weighted by atomic mass is 16.5. The number of carbonyl (C=O) groups is 1. The number of aliphatic imine (C=N–C) groups is 1. The molecule has 6 heteroatoms. The van der Waals surface area contributed by atoms with Crippen molar-refractivity contribution >= 4 is 11.9 Å². The van der Waals surface area contributed by atoms with Crippen LogP contribution < -0.4 is 16.0 Å². The first-order valence-corrected chi connectivity index (χ1v) is 10.6. The molecule has 1 atom stereocenters. The fraction of sp³-hybridized carbons (Fsp3) is 0.636. The Morgan fingerprint density at radius 1 is 1.07 bits per heavy atom. The zero-order valence-corrected chi connectivity index (χ0v) is 17.4. The smallest absolute Gasteiger partial charge is 0.223 e. The number of benzene rings is 1. The minimum atomic E-state index is 0.103. The maximum atomic E-state index is 12.1. The average Bonchev–Trinajstić information content (AvgIpc) is 2.75. The zero-order valence-electron chi connectivity index (χ0n) is 17.4. The number of nitrogens with zero attached hydrogens (tertiary/aromatic N) is 1. The van der Waals surface area contributed by atoms with Gasteiger partial charge in [0.2, 0.25) is 5.91 Å². The summed E-state index contributed by atoms with van der Waals surface area (Å²) in [6, 6.07) is 10.2. The largest absolute Gasteiger partial charge is 0.374 e. The van der Waals surface area contributed by atoms with Gasteiger partial charge in [-0.2, -0.15) is 0 Å². The third kappa shape index (κ3) is 8.30. The van der Waals surface area contributed by atoms with Crippen molar-refractivity contribution < 1.29 is 9.53 Å². The van der Waals surface area contributed by atoms with Crippen molar-refractivity contribution in [3.8, 4) is 0 Å².